The Labute approximate surface area is 127 Å². The summed E-state index contributed by atoms with van der Waals surface area (Å²) in [5.41, 5.74) is 2.35. The Morgan fingerprint density at radius 1 is 1.33 bits per heavy atom. The quantitative estimate of drug-likeness (QED) is 0.866. The number of fused-ring (bicyclic) bond motifs is 2. The van der Waals surface area contributed by atoms with Crippen LogP contribution in [-0.2, 0) is 9.53 Å². The molecule has 114 valence electrons. The highest BCUT2D eigenvalue weighted by Crippen LogP contribution is 2.42. The van der Waals surface area contributed by atoms with Gasteiger partial charge in [0.2, 0.25) is 0 Å². The Bertz CT molecular complexity index is 508. The fourth-order valence-electron chi connectivity index (χ4n) is 3.74. The summed E-state index contributed by atoms with van der Waals surface area (Å²) in [7, 11) is 1.49. The molecule has 0 amide bonds. The van der Waals surface area contributed by atoms with Crippen molar-refractivity contribution in [1.82, 2.24) is 5.32 Å². The van der Waals surface area contributed by atoms with Crippen molar-refractivity contribution in [3.8, 4) is 0 Å². The van der Waals surface area contributed by atoms with Crippen LogP contribution in [0.4, 0.5) is 0 Å². The molecule has 4 atom stereocenters. The van der Waals surface area contributed by atoms with Crippen LogP contribution in [0.25, 0.3) is 6.08 Å². The van der Waals surface area contributed by atoms with E-state index < -0.39 is 0 Å². The summed E-state index contributed by atoms with van der Waals surface area (Å²) in [4.78, 5) is 12.2. The third-order valence-corrected chi connectivity index (χ3v) is 4.76. The van der Waals surface area contributed by atoms with Gasteiger partial charge in [0.15, 0.2) is 0 Å². The normalized spacial score (nSPS) is 30.3. The number of benzene rings is 1. The summed E-state index contributed by atoms with van der Waals surface area (Å²) in [6, 6.07) is 9.21. The SMILES string of the molecule is C.C=Cc1ccc([C@H]2C[C@H]3CCC(N3)C2C(=O)OC)cc1. The first kappa shape index (κ1) is 15.8. The van der Waals surface area contributed by atoms with Crippen molar-refractivity contribution in [2.75, 3.05) is 7.11 Å². The molecule has 21 heavy (non-hydrogen) atoms. The van der Waals surface area contributed by atoms with Gasteiger partial charge in [-0.3, -0.25) is 4.79 Å². The molecule has 2 saturated heterocycles. The molecule has 1 N–H and O–H groups in total. The number of hydrogen-bond acceptors (Lipinski definition) is 3. The smallest absolute Gasteiger partial charge is 0.310 e. The number of piperidine rings is 1. The monoisotopic (exact) mass is 287 g/mol. The molecule has 0 aliphatic carbocycles. The van der Waals surface area contributed by atoms with Crippen molar-refractivity contribution in [3.05, 3.63) is 42.0 Å². The van der Waals surface area contributed by atoms with Gasteiger partial charge < -0.3 is 10.1 Å². The fourth-order valence-corrected chi connectivity index (χ4v) is 3.74. The molecule has 3 heteroatoms. The van der Waals surface area contributed by atoms with Crippen LogP contribution in [0.1, 0.15) is 43.7 Å². The van der Waals surface area contributed by atoms with Crippen molar-refractivity contribution >= 4 is 12.0 Å². The van der Waals surface area contributed by atoms with Crippen LogP contribution >= 0.6 is 0 Å². The van der Waals surface area contributed by atoms with Crippen molar-refractivity contribution in [2.24, 2.45) is 5.92 Å². The van der Waals surface area contributed by atoms with Crippen LogP contribution in [0.15, 0.2) is 30.8 Å². The van der Waals surface area contributed by atoms with E-state index in [-0.39, 0.29) is 31.3 Å². The summed E-state index contributed by atoms with van der Waals surface area (Å²) in [6.45, 7) is 3.78. The van der Waals surface area contributed by atoms with Gasteiger partial charge in [-0.1, -0.05) is 44.3 Å². The van der Waals surface area contributed by atoms with Crippen LogP contribution in [0.3, 0.4) is 0 Å². The van der Waals surface area contributed by atoms with Gasteiger partial charge in [-0.15, -0.1) is 0 Å². The van der Waals surface area contributed by atoms with Crippen molar-refractivity contribution < 1.29 is 9.53 Å². The standard InChI is InChI=1S/C17H21NO2.CH4/c1-3-11-4-6-12(7-5-11)14-10-13-8-9-15(18-13)16(14)17(19)20-2;/h3-7,13-16,18H,1,8-10H2,2H3;1H4/t13-,14-,15?,16?;/m1./s1. The number of hydrogen-bond donors (Lipinski definition) is 1. The van der Waals surface area contributed by atoms with Crippen LogP contribution < -0.4 is 5.32 Å². The Morgan fingerprint density at radius 3 is 2.67 bits per heavy atom. The molecule has 2 heterocycles. The van der Waals surface area contributed by atoms with Crippen LogP contribution in [0.2, 0.25) is 0 Å². The molecule has 1 aromatic carbocycles. The molecule has 2 bridgehead atoms. The highest BCUT2D eigenvalue weighted by Gasteiger charge is 2.46. The van der Waals surface area contributed by atoms with Gasteiger partial charge in [0, 0.05) is 18.0 Å². The number of rotatable bonds is 3. The van der Waals surface area contributed by atoms with Crippen molar-refractivity contribution in [2.45, 2.75) is 44.7 Å². The molecule has 3 nitrogen and oxygen atoms in total. The van der Waals surface area contributed by atoms with E-state index in [1.807, 2.05) is 6.08 Å². The summed E-state index contributed by atoms with van der Waals surface area (Å²) in [5.74, 6) is 0.119. The van der Waals surface area contributed by atoms with E-state index >= 15 is 0 Å². The average molecular weight is 287 g/mol. The van der Waals surface area contributed by atoms with E-state index in [0.717, 1.165) is 18.4 Å². The first-order chi connectivity index (χ1) is 9.72. The first-order valence-corrected chi connectivity index (χ1v) is 7.29. The maximum absolute atomic E-state index is 12.2. The number of esters is 1. The molecular weight excluding hydrogens is 262 g/mol. The predicted octanol–water partition coefficient (Wildman–Crippen LogP) is 3.36. The second-order valence-electron chi connectivity index (χ2n) is 5.81. The van der Waals surface area contributed by atoms with Gasteiger partial charge in [0.05, 0.1) is 13.0 Å². The van der Waals surface area contributed by atoms with Gasteiger partial charge in [0.1, 0.15) is 0 Å². The maximum atomic E-state index is 12.2. The number of ether oxygens (including phenoxy) is 1. The molecule has 2 aliphatic heterocycles. The number of nitrogens with one attached hydrogen (secondary N) is 1. The van der Waals surface area contributed by atoms with Crippen LogP contribution in [0, 0.1) is 5.92 Å². The minimum absolute atomic E-state index is 0. The lowest BCUT2D eigenvalue weighted by Crippen LogP contribution is -2.48. The second kappa shape index (κ2) is 6.44. The lowest BCUT2D eigenvalue weighted by Gasteiger charge is -2.36. The first-order valence-electron chi connectivity index (χ1n) is 7.29. The van der Waals surface area contributed by atoms with E-state index in [4.69, 9.17) is 4.74 Å². The lowest BCUT2D eigenvalue weighted by molar-refractivity contribution is -0.148. The van der Waals surface area contributed by atoms with E-state index in [1.54, 1.807) is 0 Å². The van der Waals surface area contributed by atoms with Gasteiger partial charge >= 0.3 is 5.97 Å². The molecule has 2 unspecified atom stereocenters. The molecule has 0 spiro atoms. The molecule has 1 aromatic rings. The minimum Gasteiger partial charge on any atom is -0.469 e. The predicted molar refractivity (Wildman–Crippen MR) is 86.1 cm³/mol. The Balaban J connectivity index is 0.00000161. The second-order valence-corrected chi connectivity index (χ2v) is 5.81. The van der Waals surface area contributed by atoms with Gasteiger partial charge in [0.25, 0.3) is 0 Å². The zero-order valence-electron chi connectivity index (χ0n) is 11.8. The molecular formula is C18H25NO2. The number of carbonyl (C=O) groups is 1. The zero-order chi connectivity index (χ0) is 14.1. The Kier molecular flexibility index (Phi) is 4.84. The lowest BCUT2D eigenvalue weighted by atomic mass is 9.77. The third-order valence-electron chi connectivity index (χ3n) is 4.76. The van der Waals surface area contributed by atoms with E-state index in [9.17, 15) is 4.79 Å². The molecule has 3 rings (SSSR count). The van der Waals surface area contributed by atoms with Gasteiger partial charge in [-0.05, 0) is 30.4 Å². The number of carbonyl (C=O) groups excluding carboxylic acids is 1. The van der Waals surface area contributed by atoms with Crippen LogP contribution in [0.5, 0.6) is 0 Å². The molecule has 0 aromatic heterocycles. The molecule has 0 radical (unpaired) electrons. The van der Waals surface area contributed by atoms with Crippen molar-refractivity contribution in [3.63, 3.8) is 0 Å². The Hall–Kier alpha value is -1.61. The summed E-state index contributed by atoms with van der Waals surface area (Å²) in [5, 5.41) is 3.56. The third kappa shape index (κ3) is 2.88. The molecule has 0 saturated carbocycles. The summed E-state index contributed by atoms with van der Waals surface area (Å²) < 4.78 is 5.04. The summed E-state index contributed by atoms with van der Waals surface area (Å²) >= 11 is 0. The average Bonchev–Trinajstić information content (AvgIpc) is 2.88. The van der Waals surface area contributed by atoms with Crippen LogP contribution in [-0.4, -0.2) is 25.2 Å². The largest absolute Gasteiger partial charge is 0.469 e. The zero-order valence-corrected chi connectivity index (χ0v) is 11.8. The van der Waals surface area contributed by atoms with E-state index in [0.29, 0.717) is 6.04 Å². The highest BCUT2D eigenvalue weighted by molar-refractivity contribution is 5.75. The van der Waals surface area contributed by atoms with E-state index in [2.05, 4.69) is 36.2 Å². The molecule has 2 aliphatic rings. The van der Waals surface area contributed by atoms with Gasteiger partial charge in [-0.2, -0.15) is 0 Å². The van der Waals surface area contributed by atoms with E-state index in [1.165, 1.54) is 19.1 Å². The fraction of sp³-hybridized carbons (Fsp3) is 0.500. The summed E-state index contributed by atoms with van der Waals surface area (Å²) in [6.07, 6.45) is 5.10. The Morgan fingerprint density at radius 2 is 2.05 bits per heavy atom. The topological polar surface area (TPSA) is 38.3 Å². The number of methoxy groups -OCH3 is 1. The minimum atomic E-state index is -0.0827. The van der Waals surface area contributed by atoms with Crippen molar-refractivity contribution in [1.29, 1.82) is 0 Å². The highest BCUT2D eigenvalue weighted by atomic mass is 16.5. The molecule has 2 fully saturated rings. The van der Waals surface area contributed by atoms with Gasteiger partial charge in [-0.25, -0.2) is 0 Å². The maximum Gasteiger partial charge on any atom is 0.310 e.